The second-order valence-corrected chi connectivity index (χ2v) is 5.81. The maximum absolute atomic E-state index is 13.1. The number of ether oxygens (including phenoxy) is 1. The molecule has 0 saturated heterocycles. The van der Waals surface area contributed by atoms with E-state index in [1.165, 1.54) is 30.1 Å². The molecule has 2 aromatic carbocycles. The lowest BCUT2D eigenvalue weighted by Crippen LogP contribution is -2.37. The third kappa shape index (κ3) is 5.31. The molecule has 0 spiro atoms. The van der Waals surface area contributed by atoms with Crippen LogP contribution < -0.4 is 10.1 Å². The van der Waals surface area contributed by atoms with E-state index in [1.807, 2.05) is 32.0 Å². The fourth-order valence-corrected chi connectivity index (χ4v) is 2.31. The van der Waals surface area contributed by atoms with E-state index in [-0.39, 0.29) is 30.7 Å². The van der Waals surface area contributed by atoms with E-state index in [0.717, 1.165) is 16.8 Å². The molecular formula is C19H21FN2O3. The molecule has 0 aliphatic heterocycles. The van der Waals surface area contributed by atoms with Gasteiger partial charge in [0.1, 0.15) is 11.6 Å². The van der Waals surface area contributed by atoms with Crippen molar-refractivity contribution in [2.45, 2.75) is 13.8 Å². The number of benzene rings is 2. The zero-order valence-electron chi connectivity index (χ0n) is 14.5. The molecule has 0 radical (unpaired) electrons. The van der Waals surface area contributed by atoms with Gasteiger partial charge in [0.25, 0.3) is 5.91 Å². The smallest absolute Gasteiger partial charge is 0.260 e. The third-order valence-corrected chi connectivity index (χ3v) is 3.71. The van der Waals surface area contributed by atoms with Crippen LogP contribution >= 0.6 is 0 Å². The normalized spacial score (nSPS) is 10.2. The van der Waals surface area contributed by atoms with Gasteiger partial charge >= 0.3 is 0 Å². The molecule has 0 bridgehead atoms. The zero-order chi connectivity index (χ0) is 18.4. The molecule has 2 aromatic rings. The molecule has 0 heterocycles. The molecule has 0 unspecified atom stereocenters. The van der Waals surface area contributed by atoms with Crippen molar-refractivity contribution < 1.29 is 18.7 Å². The predicted molar refractivity (Wildman–Crippen MR) is 94.1 cm³/mol. The van der Waals surface area contributed by atoms with Gasteiger partial charge in [-0.05, 0) is 37.1 Å². The average molecular weight is 344 g/mol. The Morgan fingerprint density at radius 3 is 2.40 bits per heavy atom. The number of carbonyl (C=O) groups excluding carboxylic acids is 2. The van der Waals surface area contributed by atoms with Crippen LogP contribution in [0.25, 0.3) is 0 Å². The summed E-state index contributed by atoms with van der Waals surface area (Å²) in [6.07, 6.45) is 0. The van der Waals surface area contributed by atoms with Gasteiger partial charge in [0, 0.05) is 18.8 Å². The SMILES string of the molecule is Cc1cccc(C)c1NC(=O)CN(C)C(=O)COc1cccc(F)c1. The Balaban J connectivity index is 1.87. The van der Waals surface area contributed by atoms with Crippen molar-refractivity contribution in [2.75, 3.05) is 25.5 Å². The van der Waals surface area contributed by atoms with Crippen LogP contribution in [0.5, 0.6) is 5.75 Å². The fraction of sp³-hybridized carbons (Fsp3) is 0.263. The topological polar surface area (TPSA) is 58.6 Å². The molecule has 0 aliphatic carbocycles. The van der Waals surface area contributed by atoms with E-state index in [0.29, 0.717) is 0 Å². The minimum atomic E-state index is -0.439. The lowest BCUT2D eigenvalue weighted by molar-refractivity contribution is -0.135. The van der Waals surface area contributed by atoms with E-state index in [9.17, 15) is 14.0 Å². The van der Waals surface area contributed by atoms with Crippen LogP contribution in [0.1, 0.15) is 11.1 Å². The number of para-hydroxylation sites is 1. The molecule has 0 saturated carbocycles. The number of anilines is 1. The van der Waals surface area contributed by atoms with Crippen LogP contribution in [0.3, 0.4) is 0 Å². The van der Waals surface area contributed by atoms with Gasteiger partial charge in [-0.25, -0.2) is 4.39 Å². The Labute approximate surface area is 146 Å². The quantitative estimate of drug-likeness (QED) is 0.877. The summed E-state index contributed by atoms with van der Waals surface area (Å²) in [5.74, 6) is -0.840. The first-order valence-electron chi connectivity index (χ1n) is 7.85. The minimum Gasteiger partial charge on any atom is -0.484 e. The number of amides is 2. The van der Waals surface area contributed by atoms with Gasteiger partial charge in [-0.15, -0.1) is 0 Å². The molecule has 2 rings (SSSR count). The van der Waals surface area contributed by atoms with Crippen molar-refractivity contribution in [3.63, 3.8) is 0 Å². The van der Waals surface area contributed by atoms with E-state index < -0.39 is 5.82 Å². The molecule has 1 N–H and O–H groups in total. The fourth-order valence-electron chi connectivity index (χ4n) is 2.31. The molecule has 2 amide bonds. The molecule has 0 fully saturated rings. The number of hydrogen-bond acceptors (Lipinski definition) is 3. The minimum absolute atomic E-state index is 0.0981. The van der Waals surface area contributed by atoms with E-state index >= 15 is 0 Å². The number of halogens is 1. The summed E-state index contributed by atoms with van der Waals surface area (Å²) in [4.78, 5) is 25.5. The Bertz CT molecular complexity index is 757. The van der Waals surface area contributed by atoms with Crippen LogP contribution in [-0.2, 0) is 9.59 Å². The molecule has 0 atom stereocenters. The number of carbonyl (C=O) groups is 2. The Hall–Kier alpha value is -2.89. The second kappa shape index (κ2) is 8.28. The molecule has 6 heteroatoms. The summed E-state index contributed by atoms with van der Waals surface area (Å²) in [5.41, 5.74) is 2.66. The first-order chi connectivity index (χ1) is 11.9. The van der Waals surface area contributed by atoms with E-state index in [1.54, 1.807) is 6.07 Å². The number of hydrogen-bond donors (Lipinski definition) is 1. The first-order valence-corrected chi connectivity index (χ1v) is 7.85. The summed E-state index contributed by atoms with van der Waals surface area (Å²) in [6.45, 7) is 3.45. The Morgan fingerprint density at radius 2 is 1.76 bits per heavy atom. The lowest BCUT2D eigenvalue weighted by atomic mass is 10.1. The van der Waals surface area contributed by atoms with Crippen molar-refractivity contribution in [1.82, 2.24) is 4.90 Å². The van der Waals surface area contributed by atoms with Gasteiger partial charge in [-0.3, -0.25) is 9.59 Å². The van der Waals surface area contributed by atoms with Crippen LogP contribution in [0.2, 0.25) is 0 Å². The van der Waals surface area contributed by atoms with Gasteiger partial charge in [0.15, 0.2) is 6.61 Å². The predicted octanol–water partition coefficient (Wildman–Crippen LogP) is 2.92. The second-order valence-electron chi connectivity index (χ2n) is 5.81. The van der Waals surface area contributed by atoms with Crippen LogP contribution in [0, 0.1) is 19.7 Å². The lowest BCUT2D eigenvalue weighted by Gasteiger charge is -2.18. The number of rotatable bonds is 6. The summed E-state index contributed by atoms with van der Waals surface area (Å²) >= 11 is 0. The summed E-state index contributed by atoms with van der Waals surface area (Å²) in [5, 5.41) is 2.82. The van der Waals surface area contributed by atoms with Crippen molar-refractivity contribution in [3.8, 4) is 5.75 Å². The molecule has 0 aromatic heterocycles. The third-order valence-electron chi connectivity index (χ3n) is 3.71. The summed E-state index contributed by atoms with van der Waals surface area (Å²) in [6, 6.07) is 11.3. The largest absolute Gasteiger partial charge is 0.484 e. The number of aryl methyl sites for hydroxylation is 2. The zero-order valence-corrected chi connectivity index (χ0v) is 14.5. The van der Waals surface area contributed by atoms with E-state index in [4.69, 9.17) is 4.74 Å². The Kier molecular flexibility index (Phi) is 6.11. The molecule has 5 nitrogen and oxygen atoms in total. The van der Waals surface area contributed by atoms with Crippen LogP contribution in [-0.4, -0.2) is 36.9 Å². The van der Waals surface area contributed by atoms with Gasteiger partial charge in [-0.2, -0.15) is 0 Å². The van der Waals surface area contributed by atoms with Crippen molar-refractivity contribution >= 4 is 17.5 Å². The highest BCUT2D eigenvalue weighted by Gasteiger charge is 2.15. The number of likely N-dealkylation sites (N-methyl/N-ethyl adjacent to an activating group) is 1. The van der Waals surface area contributed by atoms with E-state index in [2.05, 4.69) is 5.32 Å². The maximum atomic E-state index is 13.1. The highest BCUT2D eigenvalue weighted by molar-refractivity contribution is 5.95. The van der Waals surface area contributed by atoms with Gasteiger partial charge in [0.2, 0.25) is 5.91 Å². The Morgan fingerprint density at radius 1 is 1.12 bits per heavy atom. The average Bonchev–Trinajstić information content (AvgIpc) is 2.56. The van der Waals surface area contributed by atoms with Crippen molar-refractivity contribution in [2.24, 2.45) is 0 Å². The van der Waals surface area contributed by atoms with Gasteiger partial charge in [0.05, 0.1) is 6.54 Å². The molecule has 132 valence electrons. The molecule has 0 aliphatic rings. The monoisotopic (exact) mass is 344 g/mol. The van der Waals surface area contributed by atoms with Crippen LogP contribution in [0.4, 0.5) is 10.1 Å². The highest BCUT2D eigenvalue weighted by atomic mass is 19.1. The van der Waals surface area contributed by atoms with Gasteiger partial charge < -0.3 is 15.0 Å². The molecular weight excluding hydrogens is 323 g/mol. The standard InChI is InChI=1S/C19H21FN2O3/c1-13-6-4-7-14(2)19(13)21-17(23)11-22(3)18(24)12-25-16-9-5-8-15(20)10-16/h4-10H,11-12H2,1-3H3,(H,21,23). The number of nitrogens with one attached hydrogen (secondary N) is 1. The number of nitrogens with zero attached hydrogens (tertiary/aromatic N) is 1. The van der Waals surface area contributed by atoms with Crippen molar-refractivity contribution in [1.29, 1.82) is 0 Å². The summed E-state index contributed by atoms with van der Waals surface area (Å²) in [7, 11) is 1.52. The first kappa shape index (κ1) is 18.4. The van der Waals surface area contributed by atoms with Crippen molar-refractivity contribution in [3.05, 3.63) is 59.4 Å². The summed E-state index contributed by atoms with van der Waals surface area (Å²) < 4.78 is 18.3. The van der Waals surface area contributed by atoms with Gasteiger partial charge in [-0.1, -0.05) is 24.3 Å². The molecule has 25 heavy (non-hydrogen) atoms. The maximum Gasteiger partial charge on any atom is 0.260 e. The van der Waals surface area contributed by atoms with Crippen LogP contribution in [0.15, 0.2) is 42.5 Å². The highest BCUT2D eigenvalue weighted by Crippen LogP contribution is 2.19.